The van der Waals surface area contributed by atoms with Crippen LogP contribution in [0.2, 0.25) is 0 Å². The van der Waals surface area contributed by atoms with Crippen LogP contribution in [-0.4, -0.2) is 50.2 Å². The summed E-state index contributed by atoms with van der Waals surface area (Å²) in [7, 11) is 3.29. The molecule has 0 radical (unpaired) electrons. The number of Topliss-reactive ketones (excluding diaryl/α,β-unsaturated/α-hetero) is 1. The molecule has 1 heterocycles. The van der Waals surface area contributed by atoms with Crippen molar-refractivity contribution in [3.05, 3.63) is 0 Å². The number of rotatable bonds is 3. The molecule has 0 saturated carbocycles. The molecule has 0 amide bonds. The topological polar surface area (TPSA) is 68.1 Å². The van der Waals surface area contributed by atoms with Gasteiger partial charge in [-0.25, -0.2) is 0 Å². The minimum atomic E-state index is -0.936. The number of hydrogen-bond donors (Lipinski definition) is 1. The molecule has 0 aliphatic carbocycles. The van der Waals surface area contributed by atoms with Crippen LogP contribution < -0.4 is 0 Å². The summed E-state index contributed by atoms with van der Waals surface area (Å²) in [6, 6.07) is -0.410. The summed E-state index contributed by atoms with van der Waals surface area (Å²) in [5, 5.41) is 9.58. The summed E-state index contributed by atoms with van der Waals surface area (Å²) < 4.78 is 9.71. The van der Waals surface area contributed by atoms with Crippen molar-refractivity contribution in [2.75, 3.05) is 13.4 Å². The molecule has 1 N–H and O–H groups in total. The molecule has 0 unspecified atom stereocenters. The number of ketones is 1. The van der Waals surface area contributed by atoms with Crippen molar-refractivity contribution in [2.24, 2.45) is 4.90 Å². The molecule has 0 aromatic heterocycles. The summed E-state index contributed by atoms with van der Waals surface area (Å²) in [5.74, 6) is -0.255. The van der Waals surface area contributed by atoms with Crippen LogP contribution in [-0.2, 0) is 14.3 Å². The predicted octanol–water partition coefficient (Wildman–Crippen LogP) is -1.24. The third-order valence-corrected chi connectivity index (χ3v) is 1.99. The van der Waals surface area contributed by atoms with Crippen molar-refractivity contribution >= 4 is 13.4 Å². The number of carbonyl (C=O) groups is 1. The van der Waals surface area contributed by atoms with Gasteiger partial charge in [-0.1, -0.05) is 0 Å². The second kappa shape index (κ2) is 4.60. The Morgan fingerprint density at radius 3 is 3.00 bits per heavy atom. The van der Waals surface area contributed by atoms with E-state index in [9.17, 15) is 9.90 Å². The Hall–Kier alpha value is -0.585. The van der Waals surface area contributed by atoms with Crippen molar-refractivity contribution in [3.8, 4) is 0 Å². The van der Waals surface area contributed by atoms with Crippen LogP contribution in [0.25, 0.3) is 0 Å². The van der Waals surface area contributed by atoms with E-state index in [2.05, 4.69) is 12.5 Å². The molecule has 0 spiro atoms. The van der Waals surface area contributed by atoms with Gasteiger partial charge in [0.15, 0.2) is 0 Å². The quantitative estimate of drug-likeness (QED) is 0.558. The van der Waals surface area contributed by atoms with E-state index < -0.39 is 18.2 Å². The standard InChI is InChI=1S/C7H12BNO4/c1-4(9-8)6(11)7-5(10)2-12-3-13-7/h4,6-8,11H,2-3H2,1H3/t4-,6+,7-/m1/s1. The third-order valence-electron chi connectivity index (χ3n) is 1.99. The second-order valence-corrected chi connectivity index (χ2v) is 2.93. The maximum absolute atomic E-state index is 11.2. The summed E-state index contributed by atoms with van der Waals surface area (Å²) in [6.45, 7) is 1.70. The fourth-order valence-corrected chi connectivity index (χ4v) is 1.09. The first kappa shape index (κ1) is 10.5. The van der Waals surface area contributed by atoms with Crippen LogP contribution in [0.15, 0.2) is 4.90 Å². The van der Waals surface area contributed by atoms with E-state index in [1.165, 1.54) is 0 Å². The van der Waals surface area contributed by atoms with Crippen molar-refractivity contribution in [2.45, 2.75) is 25.2 Å². The molecule has 0 aromatic rings. The number of nitrogens with zero attached hydrogens (tertiary/aromatic N) is 1. The van der Waals surface area contributed by atoms with Crippen molar-refractivity contribution in [3.63, 3.8) is 0 Å². The van der Waals surface area contributed by atoms with E-state index in [1.807, 2.05) is 0 Å². The number of ether oxygens (including phenoxy) is 2. The molecule has 0 bridgehead atoms. The SMILES string of the molecule is B=N[C@H](C)[C@H](O)[C@@H]1OCOCC1=O. The molecule has 1 saturated heterocycles. The molecule has 13 heavy (non-hydrogen) atoms. The van der Waals surface area contributed by atoms with Gasteiger partial charge in [0.2, 0.25) is 0 Å². The Kier molecular flexibility index (Phi) is 3.71. The molecule has 1 rings (SSSR count). The first-order chi connectivity index (χ1) is 6.16. The average molecular weight is 185 g/mol. The van der Waals surface area contributed by atoms with Crippen molar-refractivity contribution in [1.82, 2.24) is 0 Å². The molecular formula is C7H12BNO4. The molecule has 1 fully saturated rings. The Labute approximate surface area is 77.2 Å². The van der Waals surface area contributed by atoms with Crippen LogP contribution in [0.3, 0.4) is 0 Å². The molecule has 6 heteroatoms. The van der Waals surface area contributed by atoms with Gasteiger partial charge < -0.3 is 0 Å². The minimum absolute atomic E-state index is 0.00834. The van der Waals surface area contributed by atoms with E-state index >= 15 is 0 Å². The molecule has 5 nitrogen and oxygen atoms in total. The molecule has 1 aliphatic heterocycles. The number of aliphatic hydroxyl groups is 1. The zero-order valence-electron chi connectivity index (χ0n) is 7.47. The second-order valence-electron chi connectivity index (χ2n) is 2.93. The van der Waals surface area contributed by atoms with Crippen LogP contribution in [0, 0.1) is 0 Å². The van der Waals surface area contributed by atoms with Crippen LogP contribution in [0.4, 0.5) is 0 Å². The molecule has 3 atom stereocenters. The van der Waals surface area contributed by atoms with Gasteiger partial charge in [-0.05, 0) is 0 Å². The van der Waals surface area contributed by atoms with E-state index in [4.69, 9.17) is 9.47 Å². The van der Waals surface area contributed by atoms with Crippen molar-refractivity contribution in [1.29, 1.82) is 0 Å². The normalized spacial score (nSPS) is 28.1. The molecule has 1 aliphatic rings. The van der Waals surface area contributed by atoms with Gasteiger partial charge >= 0.3 is 76.3 Å². The number of hydrogen-bond acceptors (Lipinski definition) is 5. The predicted molar refractivity (Wildman–Crippen MR) is 45.7 cm³/mol. The van der Waals surface area contributed by atoms with Gasteiger partial charge in [0.1, 0.15) is 0 Å². The molecular weight excluding hydrogens is 173 g/mol. The monoisotopic (exact) mass is 185 g/mol. The first-order valence-electron chi connectivity index (χ1n) is 4.02. The van der Waals surface area contributed by atoms with Gasteiger partial charge in [0, 0.05) is 0 Å². The summed E-state index contributed by atoms with van der Waals surface area (Å²) in [6.07, 6.45) is -1.76. The van der Waals surface area contributed by atoms with E-state index in [-0.39, 0.29) is 19.2 Å². The Morgan fingerprint density at radius 2 is 2.46 bits per heavy atom. The Balaban J connectivity index is 2.57. The number of carbonyl (C=O) groups excluding carboxylic acids is 1. The van der Waals surface area contributed by atoms with E-state index in [0.29, 0.717) is 0 Å². The zero-order valence-corrected chi connectivity index (χ0v) is 7.47. The van der Waals surface area contributed by atoms with Gasteiger partial charge in [-0.3, -0.25) is 0 Å². The van der Waals surface area contributed by atoms with Gasteiger partial charge in [-0.15, -0.1) is 0 Å². The maximum atomic E-state index is 11.2. The fourth-order valence-electron chi connectivity index (χ4n) is 1.09. The van der Waals surface area contributed by atoms with Gasteiger partial charge in [0.25, 0.3) is 0 Å². The summed E-state index contributed by atoms with van der Waals surface area (Å²) >= 11 is 0. The third kappa shape index (κ3) is 2.43. The fraction of sp³-hybridized carbons (Fsp3) is 0.857. The van der Waals surface area contributed by atoms with Crippen molar-refractivity contribution < 1.29 is 19.4 Å². The Morgan fingerprint density at radius 1 is 1.77 bits per heavy atom. The first-order valence-corrected chi connectivity index (χ1v) is 4.02. The summed E-state index contributed by atoms with van der Waals surface area (Å²) in [5.41, 5.74) is 0. The summed E-state index contributed by atoms with van der Waals surface area (Å²) in [4.78, 5) is 14.8. The zero-order chi connectivity index (χ0) is 9.84. The van der Waals surface area contributed by atoms with E-state index in [1.54, 1.807) is 6.92 Å². The van der Waals surface area contributed by atoms with Crippen LogP contribution in [0.1, 0.15) is 6.92 Å². The average Bonchev–Trinajstić information content (AvgIpc) is 2.16. The van der Waals surface area contributed by atoms with E-state index in [0.717, 1.165) is 0 Å². The molecule has 72 valence electrons. The van der Waals surface area contributed by atoms with Crippen LogP contribution >= 0.6 is 0 Å². The number of aliphatic hydroxyl groups excluding tert-OH is 1. The van der Waals surface area contributed by atoms with Crippen LogP contribution in [0.5, 0.6) is 0 Å². The van der Waals surface area contributed by atoms with Gasteiger partial charge in [-0.2, -0.15) is 0 Å². The molecule has 0 aromatic carbocycles. The van der Waals surface area contributed by atoms with Gasteiger partial charge in [0.05, 0.1) is 0 Å². The Bertz CT molecular complexity index is 211.